The van der Waals surface area contributed by atoms with Gasteiger partial charge in [-0.3, -0.25) is 4.79 Å². The molecule has 0 saturated heterocycles. The van der Waals surface area contributed by atoms with E-state index < -0.39 is 32.3 Å². The molecule has 8 heteroatoms. The van der Waals surface area contributed by atoms with Gasteiger partial charge in [-0.15, -0.1) is 0 Å². The number of esters is 1. The van der Waals surface area contributed by atoms with E-state index in [1.807, 2.05) is 0 Å². The van der Waals surface area contributed by atoms with Crippen LogP contribution in [-0.2, 0) is 19.4 Å². The monoisotopic (exact) mass is 352 g/mol. The average molecular weight is 353 g/mol. The van der Waals surface area contributed by atoms with Crippen LogP contribution < -0.4 is 0 Å². The van der Waals surface area contributed by atoms with Crippen molar-refractivity contribution in [3.05, 3.63) is 28.0 Å². The van der Waals surface area contributed by atoms with E-state index in [1.54, 1.807) is 0 Å². The fraction of sp³-hybridized carbons (Fsp3) is 0.273. The highest BCUT2D eigenvalue weighted by molar-refractivity contribution is 9.10. The summed E-state index contributed by atoms with van der Waals surface area (Å²) in [7, 11) is -3.79. The Balaban J connectivity index is 3.30. The highest BCUT2D eigenvalue weighted by Gasteiger charge is 2.24. The van der Waals surface area contributed by atoms with Gasteiger partial charge in [-0.2, -0.15) is 0 Å². The van der Waals surface area contributed by atoms with Crippen LogP contribution in [-0.4, -0.2) is 33.0 Å². The second-order valence-electron chi connectivity index (χ2n) is 3.59. The lowest BCUT2D eigenvalue weighted by Gasteiger charge is -2.07. The second kappa shape index (κ2) is 5.79. The molecule has 104 valence electrons. The minimum absolute atomic E-state index is 0.00957. The fourth-order valence-corrected chi connectivity index (χ4v) is 3.50. The van der Waals surface area contributed by atoms with E-state index in [2.05, 4.69) is 20.7 Å². The summed E-state index contributed by atoms with van der Waals surface area (Å²) in [5.74, 6) is -3.27. The Morgan fingerprint density at radius 2 is 1.95 bits per heavy atom. The van der Waals surface area contributed by atoms with Crippen LogP contribution in [0.4, 0.5) is 4.39 Å². The summed E-state index contributed by atoms with van der Waals surface area (Å²) in [6.07, 6.45) is 0.836. The van der Waals surface area contributed by atoms with Crippen molar-refractivity contribution in [2.24, 2.45) is 0 Å². The molecular weight excluding hydrogens is 343 g/mol. The standard InChI is InChI=1S/C11H10BrFO5S/c1-3-18-11(15)9(14)6-4-7(12)10(8(13)5-6)19(2,16)17/h4-5H,3H2,1-2H3. The van der Waals surface area contributed by atoms with Crippen molar-refractivity contribution < 1.29 is 27.1 Å². The van der Waals surface area contributed by atoms with Gasteiger partial charge < -0.3 is 4.74 Å². The molecule has 0 saturated carbocycles. The van der Waals surface area contributed by atoms with Crippen molar-refractivity contribution in [1.29, 1.82) is 0 Å². The normalized spacial score (nSPS) is 11.2. The maximum absolute atomic E-state index is 13.7. The first-order valence-electron chi connectivity index (χ1n) is 5.09. The smallest absolute Gasteiger partial charge is 0.379 e. The van der Waals surface area contributed by atoms with E-state index in [4.69, 9.17) is 0 Å². The van der Waals surface area contributed by atoms with Crippen LogP contribution >= 0.6 is 15.9 Å². The molecule has 0 N–H and O–H groups in total. The zero-order chi connectivity index (χ0) is 14.8. The highest BCUT2D eigenvalue weighted by atomic mass is 79.9. The van der Waals surface area contributed by atoms with E-state index in [0.29, 0.717) is 6.07 Å². The third-order valence-corrected chi connectivity index (χ3v) is 4.14. The summed E-state index contributed by atoms with van der Waals surface area (Å²) in [6.45, 7) is 1.53. The van der Waals surface area contributed by atoms with Crippen LogP contribution in [0.5, 0.6) is 0 Å². The molecule has 1 aromatic rings. The number of carbonyl (C=O) groups excluding carboxylic acids is 2. The first kappa shape index (κ1) is 15.8. The minimum atomic E-state index is -3.79. The van der Waals surface area contributed by atoms with Crippen LogP contribution in [0.15, 0.2) is 21.5 Å². The van der Waals surface area contributed by atoms with Gasteiger partial charge >= 0.3 is 5.97 Å². The van der Waals surface area contributed by atoms with Crippen molar-refractivity contribution in [2.75, 3.05) is 12.9 Å². The number of ketones is 1. The number of sulfone groups is 1. The summed E-state index contributed by atoms with van der Waals surface area (Å²) < 4.78 is 40.8. The van der Waals surface area contributed by atoms with Gasteiger partial charge in [0.1, 0.15) is 10.7 Å². The van der Waals surface area contributed by atoms with Crippen molar-refractivity contribution in [3.63, 3.8) is 0 Å². The molecule has 0 atom stereocenters. The van der Waals surface area contributed by atoms with Gasteiger partial charge in [0.15, 0.2) is 9.84 Å². The van der Waals surface area contributed by atoms with Gasteiger partial charge in [-0.25, -0.2) is 17.6 Å². The van der Waals surface area contributed by atoms with Gasteiger partial charge in [0.2, 0.25) is 0 Å². The molecule has 0 spiro atoms. The predicted octanol–water partition coefficient (Wildman–Crippen LogP) is 1.74. The first-order chi connectivity index (χ1) is 8.68. The zero-order valence-corrected chi connectivity index (χ0v) is 12.5. The lowest BCUT2D eigenvalue weighted by molar-refractivity contribution is -0.137. The SMILES string of the molecule is CCOC(=O)C(=O)c1cc(F)c(S(C)(=O)=O)c(Br)c1. The van der Waals surface area contributed by atoms with Gasteiger partial charge in [0.25, 0.3) is 5.78 Å². The van der Waals surface area contributed by atoms with Gasteiger partial charge in [0.05, 0.1) is 6.61 Å². The molecule has 0 aliphatic carbocycles. The number of rotatable bonds is 4. The molecule has 0 aliphatic rings. The molecule has 0 bridgehead atoms. The fourth-order valence-electron chi connectivity index (χ4n) is 1.36. The van der Waals surface area contributed by atoms with Crippen LogP contribution in [0.3, 0.4) is 0 Å². The Kier molecular flexibility index (Phi) is 4.81. The van der Waals surface area contributed by atoms with Gasteiger partial charge in [-0.1, -0.05) is 0 Å². The number of halogens is 2. The summed E-state index contributed by atoms with van der Waals surface area (Å²) in [5.41, 5.74) is -0.282. The molecule has 0 aliphatic heterocycles. The Hall–Kier alpha value is -1.28. The molecule has 0 radical (unpaired) electrons. The molecule has 0 heterocycles. The third kappa shape index (κ3) is 3.60. The van der Waals surface area contributed by atoms with E-state index in [-0.39, 0.29) is 16.6 Å². The molecule has 1 aromatic carbocycles. The minimum Gasteiger partial charge on any atom is -0.460 e. The molecule has 5 nitrogen and oxygen atoms in total. The lowest BCUT2D eigenvalue weighted by Crippen LogP contribution is -2.18. The molecule has 1 rings (SSSR count). The van der Waals surface area contributed by atoms with Gasteiger partial charge in [-0.05, 0) is 35.0 Å². The second-order valence-corrected chi connectivity index (χ2v) is 6.40. The van der Waals surface area contributed by atoms with Crippen molar-refractivity contribution in [2.45, 2.75) is 11.8 Å². The summed E-state index contributed by atoms with van der Waals surface area (Å²) in [4.78, 5) is 22.2. The number of benzene rings is 1. The van der Waals surface area contributed by atoms with E-state index >= 15 is 0 Å². The predicted molar refractivity (Wildman–Crippen MR) is 68.2 cm³/mol. The maximum atomic E-state index is 13.7. The van der Waals surface area contributed by atoms with Crippen molar-refractivity contribution >= 4 is 37.5 Å². The Morgan fingerprint density at radius 3 is 2.37 bits per heavy atom. The van der Waals surface area contributed by atoms with Gasteiger partial charge in [0, 0.05) is 16.3 Å². The third-order valence-electron chi connectivity index (χ3n) is 2.09. The van der Waals surface area contributed by atoms with Crippen LogP contribution in [0.25, 0.3) is 0 Å². The zero-order valence-electron chi connectivity index (χ0n) is 10.1. The molecule has 0 unspecified atom stereocenters. The quantitative estimate of drug-likeness (QED) is 0.468. The molecule has 0 aromatic heterocycles. The van der Waals surface area contributed by atoms with E-state index in [9.17, 15) is 22.4 Å². The number of hydrogen-bond acceptors (Lipinski definition) is 5. The number of hydrogen-bond donors (Lipinski definition) is 0. The molecular formula is C11H10BrFO5S. The molecule has 19 heavy (non-hydrogen) atoms. The number of carbonyl (C=O) groups is 2. The molecule has 0 amide bonds. The molecule has 0 fully saturated rings. The highest BCUT2D eigenvalue weighted by Crippen LogP contribution is 2.26. The Bertz CT molecular complexity index is 615. The van der Waals surface area contributed by atoms with Crippen molar-refractivity contribution in [3.8, 4) is 0 Å². The Morgan fingerprint density at radius 1 is 1.37 bits per heavy atom. The first-order valence-corrected chi connectivity index (χ1v) is 7.77. The number of ether oxygens (including phenoxy) is 1. The van der Waals surface area contributed by atoms with Crippen LogP contribution in [0.2, 0.25) is 0 Å². The lowest BCUT2D eigenvalue weighted by atomic mass is 10.1. The van der Waals surface area contributed by atoms with E-state index in [1.165, 1.54) is 6.92 Å². The van der Waals surface area contributed by atoms with Crippen LogP contribution in [0, 0.1) is 5.82 Å². The summed E-state index contributed by atoms with van der Waals surface area (Å²) in [6, 6.07) is 1.76. The summed E-state index contributed by atoms with van der Waals surface area (Å²) >= 11 is 2.87. The average Bonchev–Trinajstić information content (AvgIpc) is 2.25. The maximum Gasteiger partial charge on any atom is 0.379 e. The topological polar surface area (TPSA) is 77.5 Å². The number of Topliss-reactive ketones (excluding diaryl/α,β-unsaturated/α-hetero) is 1. The summed E-state index contributed by atoms with van der Waals surface area (Å²) in [5, 5.41) is 0. The van der Waals surface area contributed by atoms with E-state index in [0.717, 1.165) is 12.3 Å². The Labute approximate surface area is 117 Å². The largest absolute Gasteiger partial charge is 0.460 e. The van der Waals surface area contributed by atoms with Crippen molar-refractivity contribution in [1.82, 2.24) is 0 Å². The van der Waals surface area contributed by atoms with Crippen LogP contribution in [0.1, 0.15) is 17.3 Å².